The van der Waals surface area contributed by atoms with Gasteiger partial charge in [0.25, 0.3) is 0 Å². The van der Waals surface area contributed by atoms with E-state index in [1.54, 1.807) is 18.2 Å². The molecule has 2 N–H and O–H groups in total. The van der Waals surface area contributed by atoms with Crippen molar-refractivity contribution < 1.29 is 14.3 Å². The maximum Gasteiger partial charge on any atom is 0.329 e. The van der Waals surface area contributed by atoms with Gasteiger partial charge >= 0.3 is 6.03 Å². The Morgan fingerprint density at radius 1 is 0.933 bits per heavy atom. The topological polar surface area (TPSA) is 68.0 Å². The summed E-state index contributed by atoms with van der Waals surface area (Å²) >= 11 is 4.06. The molecule has 2 aromatic carbocycles. The van der Waals surface area contributed by atoms with Gasteiger partial charge < -0.3 is 20.1 Å². The molecule has 6 nitrogen and oxygen atoms in total. The van der Waals surface area contributed by atoms with Crippen LogP contribution in [0, 0.1) is 0 Å². The zero-order valence-electron chi connectivity index (χ0n) is 17.3. The second-order valence-corrected chi connectivity index (χ2v) is 7.85. The van der Waals surface area contributed by atoms with Crippen molar-refractivity contribution >= 4 is 30.2 Å². The standard InChI is InChI=1S/C23H31N3O3S/c24-23(27)26(30)20-8-7-9-22(18-20)29-17-6-2-5-16-28-21-12-10-19(11-13-21)25-14-3-1-4-15-25/h7-13,18,30H,1-6,14-17H2,(H2,24,27). The van der Waals surface area contributed by atoms with Gasteiger partial charge in [0.1, 0.15) is 11.5 Å². The third-order valence-electron chi connectivity index (χ3n) is 5.16. The summed E-state index contributed by atoms with van der Waals surface area (Å²) in [5, 5.41) is 0. The first-order valence-electron chi connectivity index (χ1n) is 10.6. The van der Waals surface area contributed by atoms with E-state index in [1.807, 2.05) is 6.07 Å². The highest BCUT2D eigenvalue weighted by Crippen LogP contribution is 2.24. The first kappa shape index (κ1) is 22.2. The molecule has 1 aliphatic heterocycles. The van der Waals surface area contributed by atoms with Crippen LogP contribution < -0.4 is 24.4 Å². The Morgan fingerprint density at radius 2 is 1.60 bits per heavy atom. The van der Waals surface area contributed by atoms with Crippen molar-refractivity contribution in [3.8, 4) is 11.5 Å². The summed E-state index contributed by atoms with van der Waals surface area (Å²) in [6, 6.07) is 15.0. The van der Waals surface area contributed by atoms with Gasteiger partial charge in [-0.25, -0.2) is 9.10 Å². The van der Waals surface area contributed by atoms with Gasteiger partial charge in [-0.2, -0.15) is 0 Å². The van der Waals surface area contributed by atoms with Gasteiger partial charge in [0, 0.05) is 24.8 Å². The molecular formula is C23H31N3O3S. The van der Waals surface area contributed by atoms with Crippen LogP contribution in [0.25, 0.3) is 0 Å². The van der Waals surface area contributed by atoms with Crippen LogP contribution in [0.1, 0.15) is 38.5 Å². The van der Waals surface area contributed by atoms with Crippen molar-refractivity contribution in [3.63, 3.8) is 0 Å². The Bertz CT molecular complexity index is 795. The molecule has 0 bridgehead atoms. The van der Waals surface area contributed by atoms with E-state index >= 15 is 0 Å². The molecule has 0 atom stereocenters. The van der Waals surface area contributed by atoms with Gasteiger partial charge in [-0.05, 0) is 74.9 Å². The lowest BCUT2D eigenvalue weighted by atomic mass is 10.1. The highest BCUT2D eigenvalue weighted by Gasteiger charge is 2.11. The molecule has 1 heterocycles. The van der Waals surface area contributed by atoms with E-state index in [0.717, 1.165) is 42.4 Å². The molecule has 1 fully saturated rings. The molecule has 0 saturated carbocycles. The maximum absolute atomic E-state index is 11.2. The molecule has 0 radical (unpaired) electrons. The number of anilines is 2. The van der Waals surface area contributed by atoms with Crippen molar-refractivity contribution in [1.82, 2.24) is 0 Å². The van der Waals surface area contributed by atoms with Crippen LogP contribution in [0.5, 0.6) is 11.5 Å². The molecular weight excluding hydrogens is 398 g/mol. The minimum atomic E-state index is -0.628. The second-order valence-electron chi connectivity index (χ2n) is 7.45. The van der Waals surface area contributed by atoms with E-state index < -0.39 is 6.03 Å². The lowest BCUT2D eigenvalue weighted by Crippen LogP contribution is -2.29. The number of piperidine rings is 1. The fraction of sp³-hybridized carbons (Fsp3) is 0.435. The Labute approximate surface area is 184 Å². The number of hydrogen-bond acceptors (Lipinski definition) is 5. The van der Waals surface area contributed by atoms with Crippen LogP contribution in [-0.2, 0) is 0 Å². The van der Waals surface area contributed by atoms with Gasteiger partial charge in [0.15, 0.2) is 0 Å². The highest BCUT2D eigenvalue weighted by atomic mass is 32.1. The van der Waals surface area contributed by atoms with Crippen molar-refractivity contribution in [2.24, 2.45) is 5.73 Å². The van der Waals surface area contributed by atoms with E-state index in [2.05, 4.69) is 42.0 Å². The summed E-state index contributed by atoms with van der Waals surface area (Å²) in [6.45, 7) is 3.62. The SMILES string of the molecule is NC(=O)N(S)c1cccc(OCCCCCOc2ccc(N3CCCCC3)cc2)c1. The van der Waals surface area contributed by atoms with Crippen molar-refractivity contribution in [1.29, 1.82) is 0 Å². The van der Waals surface area contributed by atoms with Crippen molar-refractivity contribution in [3.05, 3.63) is 48.5 Å². The van der Waals surface area contributed by atoms with Crippen LogP contribution in [0.4, 0.5) is 16.2 Å². The number of hydrogen-bond donors (Lipinski definition) is 2. The summed E-state index contributed by atoms with van der Waals surface area (Å²) < 4.78 is 12.7. The number of urea groups is 1. The number of thiol groups is 1. The van der Waals surface area contributed by atoms with Crippen LogP contribution in [0.2, 0.25) is 0 Å². The number of carbonyl (C=O) groups excluding carboxylic acids is 1. The lowest BCUT2D eigenvalue weighted by molar-refractivity contribution is 0.257. The minimum absolute atomic E-state index is 0.586. The largest absolute Gasteiger partial charge is 0.494 e. The van der Waals surface area contributed by atoms with Crippen molar-refractivity contribution in [2.45, 2.75) is 38.5 Å². The number of ether oxygens (including phenoxy) is 2. The molecule has 1 saturated heterocycles. The van der Waals surface area contributed by atoms with Crippen LogP contribution >= 0.6 is 12.8 Å². The van der Waals surface area contributed by atoms with Gasteiger partial charge in [0.05, 0.1) is 18.9 Å². The molecule has 30 heavy (non-hydrogen) atoms. The summed E-state index contributed by atoms with van der Waals surface area (Å²) in [6.07, 6.45) is 6.85. The summed E-state index contributed by atoms with van der Waals surface area (Å²) in [5.74, 6) is 1.62. The maximum atomic E-state index is 11.2. The third-order valence-corrected chi connectivity index (χ3v) is 5.58. The Morgan fingerprint density at radius 3 is 2.27 bits per heavy atom. The summed E-state index contributed by atoms with van der Waals surface area (Å²) in [4.78, 5) is 13.6. The van der Waals surface area contributed by atoms with Crippen LogP contribution in [0.3, 0.4) is 0 Å². The molecule has 162 valence electrons. The molecule has 2 amide bonds. The lowest BCUT2D eigenvalue weighted by Gasteiger charge is -2.28. The summed E-state index contributed by atoms with van der Waals surface area (Å²) in [5.41, 5.74) is 7.10. The van der Waals surface area contributed by atoms with E-state index in [9.17, 15) is 4.79 Å². The first-order chi connectivity index (χ1) is 14.6. The average molecular weight is 430 g/mol. The zero-order chi connectivity index (χ0) is 21.2. The van der Waals surface area contributed by atoms with Gasteiger partial charge in [-0.15, -0.1) is 0 Å². The molecule has 2 aromatic rings. The first-order valence-corrected chi connectivity index (χ1v) is 11.0. The molecule has 0 aliphatic carbocycles. The monoisotopic (exact) mass is 429 g/mol. The Kier molecular flexibility index (Phi) is 8.56. The van der Waals surface area contributed by atoms with E-state index in [0.29, 0.717) is 24.7 Å². The van der Waals surface area contributed by atoms with E-state index in [1.165, 1.54) is 24.9 Å². The van der Waals surface area contributed by atoms with Crippen LogP contribution in [-0.4, -0.2) is 32.3 Å². The number of nitrogens with two attached hydrogens (primary N) is 1. The van der Waals surface area contributed by atoms with E-state index in [4.69, 9.17) is 15.2 Å². The number of rotatable bonds is 10. The van der Waals surface area contributed by atoms with Gasteiger partial charge in [-0.1, -0.05) is 18.9 Å². The van der Waals surface area contributed by atoms with Gasteiger partial charge in [-0.3, -0.25) is 0 Å². The number of carbonyl (C=O) groups is 1. The number of amides is 2. The molecule has 1 aliphatic rings. The average Bonchev–Trinajstić information content (AvgIpc) is 2.79. The summed E-state index contributed by atoms with van der Waals surface area (Å²) in [7, 11) is 0. The van der Waals surface area contributed by atoms with Crippen molar-refractivity contribution in [2.75, 3.05) is 35.5 Å². The molecule has 7 heteroatoms. The van der Waals surface area contributed by atoms with E-state index in [-0.39, 0.29) is 0 Å². The van der Waals surface area contributed by atoms with Crippen LogP contribution in [0.15, 0.2) is 48.5 Å². The molecule has 0 spiro atoms. The second kappa shape index (κ2) is 11.6. The predicted octanol–water partition coefficient (Wildman–Crippen LogP) is 5.03. The quantitative estimate of drug-likeness (QED) is 0.410. The zero-order valence-corrected chi connectivity index (χ0v) is 18.2. The third kappa shape index (κ3) is 6.76. The number of benzene rings is 2. The molecule has 0 unspecified atom stereocenters. The number of unbranched alkanes of at least 4 members (excludes halogenated alkanes) is 2. The highest BCUT2D eigenvalue weighted by molar-refractivity contribution is 7.82. The van der Waals surface area contributed by atoms with Gasteiger partial charge in [0.2, 0.25) is 0 Å². The fourth-order valence-corrected chi connectivity index (χ4v) is 3.62. The number of primary amides is 1. The molecule has 0 aromatic heterocycles. The Balaban J connectivity index is 1.29. The predicted molar refractivity (Wildman–Crippen MR) is 125 cm³/mol. The fourth-order valence-electron chi connectivity index (χ4n) is 3.50. The normalized spacial score (nSPS) is 13.7. The smallest absolute Gasteiger partial charge is 0.329 e. The number of nitrogens with zero attached hydrogens (tertiary/aromatic N) is 2. The minimum Gasteiger partial charge on any atom is -0.494 e. The Hall–Kier alpha value is -2.54. The molecule has 3 rings (SSSR count).